The van der Waals surface area contributed by atoms with Gasteiger partial charge in [-0.15, -0.1) is 0 Å². The van der Waals surface area contributed by atoms with E-state index in [2.05, 4.69) is 9.97 Å². The van der Waals surface area contributed by atoms with Crippen LogP contribution >= 0.6 is 0 Å². The Bertz CT molecular complexity index is 711. The van der Waals surface area contributed by atoms with Crippen LogP contribution < -0.4 is 9.80 Å². The quantitative estimate of drug-likeness (QED) is 0.736. The van der Waals surface area contributed by atoms with E-state index in [9.17, 15) is 4.79 Å². The number of aryl methyl sites for hydroxylation is 2. The SMILES string of the molecule is Cc1ccc2c(c1)C(=O)N(C)c1cnc(C)nc1N2C. The summed E-state index contributed by atoms with van der Waals surface area (Å²) in [5, 5.41) is 0. The number of hydrogen-bond donors (Lipinski definition) is 0. The second-order valence-corrected chi connectivity index (χ2v) is 5.07. The van der Waals surface area contributed by atoms with Crippen molar-refractivity contribution in [2.24, 2.45) is 0 Å². The smallest absolute Gasteiger partial charge is 0.260 e. The summed E-state index contributed by atoms with van der Waals surface area (Å²) in [6.45, 7) is 3.83. The first-order chi connectivity index (χ1) is 9.49. The van der Waals surface area contributed by atoms with E-state index in [0.29, 0.717) is 11.4 Å². The molecule has 1 aliphatic heterocycles. The molecule has 0 atom stereocenters. The molecule has 3 rings (SSSR count). The fourth-order valence-electron chi connectivity index (χ4n) is 2.45. The van der Waals surface area contributed by atoms with Crippen LogP contribution in [-0.4, -0.2) is 30.0 Å². The van der Waals surface area contributed by atoms with Gasteiger partial charge in [-0.1, -0.05) is 11.6 Å². The minimum Gasteiger partial charge on any atom is -0.327 e. The molecule has 2 heterocycles. The number of nitrogens with zero attached hydrogens (tertiary/aromatic N) is 4. The number of rotatable bonds is 0. The van der Waals surface area contributed by atoms with E-state index in [1.54, 1.807) is 18.1 Å². The molecule has 20 heavy (non-hydrogen) atoms. The van der Waals surface area contributed by atoms with Crippen molar-refractivity contribution < 1.29 is 4.79 Å². The van der Waals surface area contributed by atoms with Gasteiger partial charge < -0.3 is 9.80 Å². The van der Waals surface area contributed by atoms with Crippen molar-refractivity contribution in [3.8, 4) is 0 Å². The molecule has 1 aromatic heterocycles. The minimum absolute atomic E-state index is 0.0400. The lowest BCUT2D eigenvalue weighted by atomic mass is 10.1. The molecule has 102 valence electrons. The van der Waals surface area contributed by atoms with Gasteiger partial charge in [0.1, 0.15) is 11.5 Å². The standard InChI is InChI=1S/C15H16N4O/c1-9-5-6-12-11(7-9)15(20)19(4)13-8-16-10(2)17-14(13)18(12)3/h5-8H,1-4H3. The van der Waals surface area contributed by atoms with Crippen LogP contribution in [0.4, 0.5) is 17.2 Å². The van der Waals surface area contributed by atoms with Crippen molar-refractivity contribution in [1.82, 2.24) is 9.97 Å². The number of anilines is 3. The van der Waals surface area contributed by atoms with E-state index in [-0.39, 0.29) is 5.91 Å². The lowest BCUT2D eigenvalue weighted by Crippen LogP contribution is -2.25. The summed E-state index contributed by atoms with van der Waals surface area (Å²) >= 11 is 0. The van der Waals surface area contributed by atoms with E-state index in [1.165, 1.54) is 0 Å². The summed E-state index contributed by atoms with van der Waals surface area (Å²) in [5.74, 6) is 1.39. The van der Waals surface area contributed by atoms with Gasteiger partial charge in [0.15, 0.2) is 5.82 Å². The fraction of sp³-hybridized carbons (Fsp3) is 0.267. The Morgan fingerprint density at radius 1 is 1.05 bits per heavy atom. The molecule has 0 unspecified atom stereocenters. The van der Waals surface area contributed by atoms with E-state index in [4.69, 9.17) is 0 Å². The molecule has 5 heteroatoms. The normalized spacial score (nSPS) is 13.9. The van der Waals surface area contributed by atoms with Crippen molar-refractivity contribution in [3.05, 3.63) is 41.3 Å². The first-order valence-electron chi connectivity index (χ1n) is 6.45. The van der Waals surface area contributed by atoms with E-state index >= 15 is 0 Å². The predicted octanol–water partition coefficient (Wildman–Crippen LogP) is 2.45. The Hall–Kier alpha value is -2.43. The lowest BCUT2D eigenvalue weighted by Gasteiger charge is -2.20. The molecule has 0 N–H and O–H groups in total. The monoisotopic (exact) mass is 268 g/mol. The summed E-state index contributed by atoms with van der Waals surface area (Å²) in [5.41, 5.74) is 3.33. The highest BCUT2D eigenvalue weighted by Crippen LogP contribution is 2.37. The number of fused-ring (bicyclic) bond motifs is 2. The molecule has 0 radical (unpaired) electrons. The number of amides is 1. The highest BCUT2D eigenvalue weighted by molar-refractivity contribution is 6.13. The Kier molecular flexibility index (Phi) is 2.71. The summed E-state index contributed by atoms with van der Waals surface area (Å²) in [4.78, 5) is 24.9. The van der Waals surface area contributed by atoms with Crippen LogP contribution in [0, 0.1) is 13.8 Å². The molecule has 1 amide bonds. The number of carbonyl (C=O) groups is 1. The molecular formula is C15H16N4O. The van der Waals surface area contributed by atoms with Gasteiger partial charge in [-0.05, 0) is 26.0 Å². The lowest BCUT2D eigenvalue weighted by molar-refractivity contribution is 0.0994. The number of hydrogen-bond acceptors (Lipinski definition) is 4. The summed E-state index contributed by atoms with van der Waals surface area (Å²) in [7, 11) is 3.68. The molecule has 0 fully saturated rings. The molecule has 2 aromatic rings. The van der Waals surface area contributed by atoms with Crippen molar-refractivity contribution >= 4 is 23.1 Å². The maximum atomic E-state index is 12.6. The Morgan fingerprint density at radius 2 is 1.80 bits per heavy atom. The number of aromatic nitrogens is 2. The predicted molar refractivity (Wildman–Crippen MR) is 78.7 cm³/mol. The average Bonchev–Trinajstić information content (AvgIpc) is 2.50. The first kappa shape index (κ1) is 12.6. The zero-order valence-corrected chi connectivity index (χ0v) is 12.0. The topological polar surface area (TPSA) is 49.3 Å². The molecule has 0 aliphatic carbocycles. The third-order valence-electron chi connectivity index (χ3n) is 3.60. The maximum Gasteiger partial charge on any atom is 0.260 e. The van der Waals surface area contributed by atoms with Gasteiger partial charge in [0.2, 0.25) is 0 Å². The molecule has 5 nitrogen and oxygen atoms in total. The zero-order chi connectivity index (χ0) is 14.4. The van der Waals surface area contributed by atoms with Crippen molar-refractivity contribution in [3.63, 3.8) is 0 Å². The summed E-state index contributed by atoms with van der Waals surface area (Å²) < 4.78 is 0. The average molecular weight is 268 g/mol. The summed E-state index contributed by atoms with van der Waals surface area (Å²) in [6.07, 6.45) is 1.70. The van der Waals surface area contributed by atoms with Gasteiger partial charge in [-0.3, -0.25) is 4.79 Å². The van der Waals surface area contributed by atoms with Crippen LogP contribution in [-0.2, 0) is 0 Å². The number of carbonyl (C=O) groups excluding carboxylic acids is 1. The van der Waals surface area contributed by atoms with Gasteiger partial charge in [0, 0.05) is 14.1 Å². The van der Waals surface area contributed by atoms with E-state index in [1.807, 2.05) is 44.0 Å². The molecule has 0 saturated heterocycles. The molecule has 1 aliphatic rings. The van der Waals surface area contributed by atoms with Crippen LogP contribution in [0.25, 0.3) is 0 Å². The second-order valence-electron chi connectivity index (χ2n) is 5.07. The Balaban J connectivity index is 2.31. The Labute approximate surface area is 117 Å². The first-order valence-corrected chi connectivity index (χ1v) is 6.45. The van der Waals surface area contributed by atoms with Crippen LogP contribution in [0.3, 0.4) is 0 Å². The van der Waals surface area contributed by atoms with Gasteiger partial charge in [-0.25, -0.2) is 9.97 Å². The van der Waals surface area contributed by atoms with Crippen molar-refractivity contribution in [2.45, 2.75) is 13.8 Å². The van der Waals surface area contributed by atoms with E-state index < -0.39 is 0 Å². The van der Waals surface area contributed by atoms with Gasteiger partial charge in [-0.2, -0.15) is 0 Å². The maximum absolute atomic E-state index is 12.6. The molecule has 0 spiro atoms. The second kappa shape index (κ2) is 4.30. The van der Waals surface area contributed by atoms with Crippen molar-refractivity contribution in [1.29, 1.82) is 0 Å². The fourth-order valence-corrected chi connectivity index (χ4v) is 2.45. The van der Waals surface area contributed by atoms with E-state index in [0.717, 1.165) is 22.8 Å². The minimum atomic E-state index is -0.0400. The molecule has 0 saturated carbocycles. The van der Waals surface area contributed by atoms with Gasteiger partial charge in [0.05, 0.1) is 17.4 Å². The van der Waals surface area contributed by atoms with Crippen LogP contribution in [0.1, 0.15) is 21.7 Å². The molecule has 1 aromatic carbocycles. The highest BCUT2D eigenvalue weighted by atomic mass is 16.2. The third-order valence-corrected chi connectivity index (χ3v) is 3.60. The largest absolute Gasteiger partial charge is 0.327 e. The van der Waals surface area contributed by atoms with Crippen LogP contribution in [0.2, 0.25) is 0 Å². The third kappa shape index (κ3) is 1.74. The van der Waals surface area contributed by atoms with Crippen LogP contribution in [0.5, 0.6) is 0 Å². The molecular weight excluding hydrogens is 252 g/mol. The van der Waals surface area contributed by atoms with Gasteiger partial charge >= 0.3 is 0 Å². The molecule has 0 bridgehead atoms. The zero-order valence-electron chi connectivity index (χ0n) is 12.0. The van der Waals surface area contributed by atoms with Crippen LogP contribution in [0.15, 0.2) is 24.4 Å². The van der Waals surface area contributed by atoms with Crippen molar-refractivity contribution in [2.75, 3.05) is 23.9 Å². The summed E-state index contributed by atoms with van der Waals surface area (Å²) in [6, 6.07) is 5.88. The Morgan fingerprint density at radius 3 is 2.55 bits per heavy atom. The number of benzene rings is 1. The highest BCUT2D eigenvalue weighted by Gasteiger charge is 2.28. The van der Waals surface area contributed by atoms with Gasteiger partial charge in [0.25, 0.3) is 5.91 Å².